The Morgan fingerprint density at radius 1 is 0.611 bits per heavy atom. The van der Waals surface area contributed by atoms with E-state index in [1.807, 2.05) is 0 Å². The number of unbranched alkanes of at least 4 members (excludes halogenated alkanes) is 4. The fourth-order valence-corrected chi connectivity index (χ4v) is 4.26. The van der Waals surface area contributed by atoms with Crippen molar-refractivity contribution >= 4 is 34.7 Å². The van der Waals surface area contributed by atoms with Gasteiger partial charge < -0.3 is 19.3 Å². The number of hydrogen-bond donors (Lipinski definition) is 0. The lowest BCUT2D eigenvalue weighted by Gasteiger charge is -2.40. The molecule has 0 aliphatic carbocycles. The standard InChI is InChI=1S/C30H38N2O4/c1-23(2)29(33)35-21-13-5-11-19-31-25-15-7-9-17-27(25)32(28-18-10-8-16-26(28)31)20-12-6-14-22-36-30(34)24(3)4/h7-10,15-18H,1,3,5-6,11-14,19-22H2,2,4H3. The quantitative estimate of drug-likeness (QED) is 0.164. The normalized spacial score (nSPS) is 11.9. The van der Waals surface area contributed by atoms with Gasteiger partial charge in [-0.25, -0.2) is 9.59 Å². The molecule has 0 radical (unpaired) electrons. The van der Waals surface area contributed by atoms with E-state index < -0.39 is 0 Å². The SMILES string of the molecule is C=C(C)C(=O)OCCCCCN1c2ccccc2N(CCCCCOC(=O)C(=C)C)c2ccccc21. The second-order valence-corrected chi connectivity index (χ2v) is 9.23. The maximum atomic E-state index is 11.5. The summed E-state index contributed by atoms with van der Waals surface area (Å²) in [6.45, 7) is 13.2. The smallest absolute Gasteiger partial charge is 0.333 e. The zero-order valence-corrected chi connectivity index (χ0v) is 21.6. The van der Waals surface area contributed by atoms with Crippen molar-refractivity contribution in [1.82, 2.24) is 0 Å². The van der Waals surface area contributed by atoms with E-state index in [0.717, 1.165) is 51.6 Å². The van der Waals surface area contributed by atoms with Gasteiger partial charge in [0.2, 0.25) is 0 Å². The summed E-state index contributed by atoms with van der Waals surface area (Å²) in [4.78, 5) is 27.9. The Kier molecular flexibility index (Phi) is 10.2. The molecule has 2 aromatic carbocycles. The van der Waals surface area contributed by atoms with Gasteiger partial charge in [0.15, 0.2) is 0 Å². The largest absolute Gasteiger partial charge is 0.462 e. The fourth-order valence-electron chi connectivity index (χ4n) is 4.26. The molecule has 6 nitrogen and oxygen atoms in total. The number of ether oxygens (including phenoxy) is 2. The van der Waals surface area contributed by atoms with Crippen LogP contribution in [0.1, 0.15) is 52.4 Å². The Balaban J connectivity index is 1.58. The predicted molar refractivity (Wildman–Crippen MR) is 146 cm³/mol. The first-order chi connectivity index (χ1) is 17.4. The van der Waals surface area contributed by atoms with Crippen LogP contribution in [0.3, 0.4) is 0 Å². The highest BCUT2D eigenvalue weighted by Crippen LogP contribution is 2.47. The van der Waals surface area contributed by atoms with Crippen molar-refractivity contribution in [3.63, 3.8) is 0 Å². The summed E-state index contributed by atoms with van der Waals surface area (Å²) in [5.74, 6) is -0.635. The minimum Gasteiger partial charge on any atom is -0.462 e. The average molecular weight is 491 g/mol. The minimum absolute atomic E-state index is 0.318. The first-order valence-corrected chi connectivity index (χ1v) is 12.8. The molecule has 6 heteroatoms. The van der Waals surface area contributed by atoms with Crippen molar-refractivity contribution in [2.24, 2.45) is 0 Å². The van der Waals surface area contributed by atoms with Gasteiger partial charge in [0.25, 0.3) is 0 Å². The third kappa shape index (κ3) is 7.23. The zero-order valence-electron chi connectivity index (χ0n) is 21.6. The summed E-state index contributed by atoms with van der Waals surface area (Å²) in [7, 11) is 0. The molecule has 0 aromatic heterocycles. The molecule has 0 atom stereocenters. The van der Waals surface area contributed by atoms with Crippen LogP contribution in [0, 0.1) is 0 Å². The van der Waals surface area contributed by atoms with Crippen molar-refractivity contribution in [2.45, 2.75) is 52.4 Å². The molecule has 0 saturated carbocycles. The number of carbonyl (C=O) groups is 2. The number of rotatable bonds is 14. The Bertz CT molecular complexity index is 947. The van der Waals surface area contributed by atoms with E-state index >= 15 is 0 Å². The fraction of sp³-hybridized carbons (Fsp3) is 0.400. The minimum atomic E-state index is -0.318. The predicted octanol–water partition coefficient (Wildman–Crippen LogP) is 6.86. The van der Waals surface area contributed by atoms with Crippen LogP contribution in [-0.4, -0.2) is 38.2 Å². The summed E-state index contributed by atoms with van der Waals surface area (Å²) in [6.07, 6.45) is 5.62. The first kappa shape index (κ1) is 27.1. The number of nitrogens with zero attached hydrogens (tertiary/aromatic N) is 2. The van der Waals surface area contributed by atoms with Crippen LogP contribution in [0.25, 0.3) is 0 Å². The highest BCUT2D eigenvalue weighted by atomic mass is 16.5. The van der Waals surface area contributed by atoms with Crippen molar-refractivity contribution in [2.75, 3.05) is 36.1 Å². The molecule has 0 bridgehead atoms. The van der Waals surface area contributed by atoms with Crippen LogP contribution < -0.4 is 9.80 Å². The second kappa shape index (κ2) is 13.5. The molecular formula is C30H38N2O4. The number of esters is 2. The van der Waals surface area contributed by atoms with Gasteiger partial charge in [-0.15, -0.1) is 0 Å². The van der Waals surface area contributed by atoms with E-state index in [1.165, 1.54) is 22.7 Å². The van der Waals surface area contributed by atoms with Gasteiger partial charge in [-0.2, -0.15) is 0 Å². The van der Waals surface area contributed by atoms with Gasteiger partial charge in [0.1, 0.15) is 0 Å². The van der Waals surface area contributed by atoms with Crippen LogP contribution in [0.2, 0.25) is 0 Å². The summed E-state index contributed by atoms with van der Waals surface area (Å²) >= 11 is 0. The summed E-state index contributed by atoms with van der Waals surface area (Å²) < 4.78 is 10.4. The average Bonchev–Trinajstić information content (AvgIpc) is 2.88. The Labute approximate surface area is 215 Å². The van der Waals surface area contributed by atoms with Crippen molar-refractivity contribution in [3.8, 4) is 0 Å². The maximum absolute atomic E-state index is 11.5. The van der Waals surface area contributed by atoms with Crippen molar-refractivity contribution in [1.29, 1.82) is 0 Å². The van der Waals surface area contributed by atoms with Gasteiger partial charge in [-0.3, -0.25) is 0 Å². The molecule has 36 heavy (non-hydrogen) atoms. The topological polar surface area (TPSA) is 59.1 Å². The van der Waals surface area contributed by atoms with Gasteiger partial charge in [-0.1, -0.05) is 37.4 Å². The summed E-state index contributed by atoms with van der Waals surface area (Å²) in [5, 5.41) is 0. The Hall–Kier alpha value is -3.54. The molecule has 0 spiro atoms. The number of benzene rings is 2. The molecule has 0 N–H and O–H groups in total. The van der Waals surface area contributed by atoms with Gasteiger partial charge in [0.05, 0.1) is 36.0 Å². The molecule has 0 amide bonds. The third-order valence-electron chi connectivity index (χ3n) is 6.14. The van der Waals surface area contributed by atoms with E-state index in [1.54, 1.807) is 13.8 Å². The number of hydrogen-bond acceptors (Lipinski definition) is 6. The molecule has 2 aromatic rings. The second-order valence-electron chi connectivity index (χ2n) is 9.23. The lowest BCUT2D eigenvalue weighted by atomic mass is 10.1. The molecule has 0 saturated heterocycles. The molecule has 192 valence electrons. The molecule has 1 heterocycles. The van der Waals surface area contributed by atoms with Crippen LogP contribution in [0.5, 0.6) is 0 Å². The Morgan fingerprint density at radius 3 is 1.25 bits per heavy atom. The molecule has 1 aliphatic rings. The third-order valence-corrected chi connectivity index (χ3v) is 6.14. The van der Waals surface area contributed by atoms with Crippen LogP contribution in [0.4, 0.5) is 22.7 Å². The summed E-state index contributed by atoms with van der Waals surface area (Å²) in [6, 6.07) is 17.1. The lowest BCUT2D eigenvalue weighted by molar-refractivity contribution is -0.139. The molecule has 1 aliphatic heterocycles. The van der Waals surface area contributed by atoms with Crippen molar-refractivity contribution in [3.05, 3.63) is 72.8 Å². The lowest BCUT2D eigenvalue weighted by Crippen LogP contribution is -2.31. The van der Waals surface area contributed by atoms with E-state index in [0.29, 0.717) is 24.4 Å². The monoisotopic (exact) mass is 490 g/mol. The molecular weight excluding hydrogens is 452 g/mol. The first-order valence-electron chi connectivity index (χ1n) is 12.8. The Morgan fingerprint density at radius 2 is 0.944 bits per heavy atom. The molecule has 3 rings (SSSR count). The van der Waals surface area contributed by atoms with E-state index in [4.69, 9.17) is 9.47 Å². The van der Waals surface area contributed by atoms with Crippen LogP contribution in [0.15, 0.2) is 72.8 Å². The molecule has 0 unspecified atom stereocenters. The number of anilines is 4. The zero-order chi connectivity index (χ0) is 25.9. The highest BCUT2D eigenvalue weighted by molar-refractivity contribution is 5.93. The van der Waals surface area contributed by atoms with E-state index in [9.17, 15) is 9.59 Å². The van der Waals surface area contributed by atoms with E-state index in [2.05, 4.69) is 71.5 Å². The van der Waals surface area contributed by atoms with E-state index in [-0.39, 0.29) is 11.9 Å². The van der Waals surface area contributed by atoms with Gasteiger partial charge in [-0.05, 0) is 76.6 Å². The van der Waals surface area contributed by atoms with Gasteiger partial charge >= 0.3 is 11.9 Å². The number of para-hydroxylation sites is 4. The van der Waals surface area contributed by atoms with Crippen LogP contribution >= 0.6 is 0 Å². The van der Waals surface area contributed by atoms with Crippen molar-refractivity contribution < 1.29 is 19.1 Å². The molecule has 0 fully saturated rings. The maximum Gasteiger partial charge on any atom is 0.333 e. The van der Waals surface area contributed by atoms with Crippen LogP contribution in [-0.2, 0) is 19.1 Å². The number of carbonyl (C=O) groups excluding carboxylic acids is 2. The summed E-state index contributed by atoms with van der Waals surface area (Å²) in [5.41, 5.74) is 5.71. The van der Waals surface area contributed by atoms with Gasteiger partial charge in [0, 0.05) is 24.2 Å². The number of fused-ring (bicyclic) bond motifs is 2. The highest BCUT2D eigenvalue weighted by Gasteiger charge is 2.27.